The van der Waals surface area contributed by atoms with E-state index in [1.165, 1.54) is 37.9 Å². The Morgan fingerprint density at radius 1 is 1.11 bits per heavy atom. The Morgan fingerprint density at radius 3 is 2.67 bits per heavy atom. The molecule has 3 aromatic rings. The van der Waals surface area contributed by atoms with Gasteiger partial charge in [0.25, 0.3) is 0 Å². The molecule has 0 amide bonds. The largest absolute Gasteiger partial charge is 0.367 e. The third kappa shape index (κ3) is 2.89. The molecule has 0 aliphatic heterocycles. The SMILES string of the molecule is Cc1cc(NC2C3CCC(CC3)[C@H]2C)nc(-c2c[nH]c3ncc(F)cc23)c1. The van der Waals surface area contributed by atoms with Crippen molar-refractivity contribution in [1.82, 2.24) is 15.0 Å². The summed E-state index contributed by atoms with van der Waals surface area (Å²) in [4.78, 5) is 12.1. The van der Waals surface area contributed by atoms with Crippen molar-refractivity contribution in [2.75, 3.05) is 5.32 Å². The van der Waals surface area contributed by atoms with Crippen LogP contribution in [0.4, 0.5) is 10.2 Å². The summed E-state index contributed by atoms with van der Waals surface area (Å²) in [6, 6.07) is 6.19. The molecule has 2 atom stereocenters. The second-order valence-corrected chi connectivity index (χ2v) is 8.37. The van der Waals surface area contributed by atoms with E-state index >= 15 is 0 Å². The van der Waals surface area contributed by atoms with Gasteiger partial charge in [0, 0.05) is 23.2 Å². The Balaban J connectivity index is 1.50. The molecule has 0 spiro atoms. The van der Waals surface area contributed by atoms with Gasteiger partial charge >= 0.3 is 0 Å². The number of nitrogens with zero attached hydrogens (tertiary/aromatic N) is 2. The summed E-state index contributed by atoms with van der Waals surface area (Å²) in [7, 11) is 0. The van der Waals surface area contributed by atoms with Crippen LogP contribution in [0, 0.1) is 30.5 Å². The zero-order valence-electron chi connectivity index (χ0n) is 15.8. The van der Waals surface area contributed by atoms with Crippen LogP contribution in [-0.4, -0.2) is 21.0 Å². The van der Waals surface area contributed by atoms with Crippen molar-refractivity contribution in [1.29, 1.82) is 0 Å². The molecule has 3 fully saturated rings. The number of pyridine rings is 2. The average molecular weight is 364 g/mol. The van der Waals surface area contributed by atoms with Crippen LogP contribution in [0.5, 0.6) is 0 Å². The zero-order chi connectivity index (χ0) is 18.5. The summed E-state index contributed by atoms with van der Waals surface area (Å²) in [5.74, 6) is 2.88. The van der Waals surface area contributed by atoms with Crippen molar-refractivity contribution in [2.24, 2.45) is 17.8 Å². The summed E-state index contributed by atoms with van der Waals surface area (Å²) in [6.45, 7) is 4.47. The van der Waals surface area contributed by atoms with E-state index in [0.29, 0.717) is 17.6 Å². The van der Waals surface area contributed by atoms with Gasteiger partial charge in [0.2, 0.25) is 0 Å². The van der Waals surface area contributed by atoms with Crippen LogP contribution in [0.15, 0.2) is 30.6 Å². The first kappa shape index (κ1) is 16.7. The van der Waals surface area contributed by atoms with Crippen molar-refractivity contribution in [3.05, 3.63) is 42.0 Å². The number of H-pyrrole nitrogens is 1. The van der Waals surface area contributed by atoms with Crippen LogP contribution in [0.3, 0.4) is 0 Å². The van der Waals surface area contributed by atoms with E-state index in [2.05, 4.69) is 41.3 Å². The van der Waals surface area contributed by atoms with Gasteiger partial charge in [0.05, 0.1) is 11.9 Å². The van der Waals surface area contributed by atoms with Crippen LogP contribution in [-0.2, 0) is 0 Å². The van der Waals surface area contributed by atoms with E-state index in [4.69, 9.17) is 4.98 Å². The molecular weight excluding hydrogens is 339 g/mol. The Labute approximate surface area is 158 Å². The van der Waals surface area contributed by atoms with E-state index < -0.39 is 0 Å². The van der Waals surface area contributed by atoms with Crippen molar-refractivity contribution in [3.8, 4) is 11.3 Å². The molecule has 3 heterocycles. The minimum absolute atomic E-state index is 0.332. The summed E-state index contributed by atoms with van der Waals surface area (Å²) in [5.41, 5.74) is 3.57. The third-order valence-electron chi connectivity index (χ3n) is 6.69. The molecule has 3 aliphatic carbocycles. The average Bonchev–Trinajstić information content (AvgIpc) is 3.07. The number of anilines is 1. The molecule has 2 N–H and O–H groups in total. The lowest BCUT2D eigenvalue weighted by atomic mass is 9.62. The van der Waals surface area contributed by atoms with E-state index in [1.807, 2.05) is 6.20 Å². The van der Waals surface area contributed by atoms with E-state index in [9.17, 15) is 4.39 Å². The Hall–Kier alpha value is -2.43. The second kappa shape index (κ2) is 6.32. The van der Waals surface area contributed by atoms with Gasteiger partial charge in [-0.15, -0.1) is 0 Å². The number of rotatable bonds is 3. The number of hydrogen-bond acceptors (Lipinski definition) is 3. The van der Waals surface area contributed by atoms with Gasteiger partial charge in [-0.3, -0.25) is 0 Å². The molecule has 3 aliphatic rings. The first-order valence-electron chi connectivity index (χ1n) is 9.97. The molecule has 0 radical (unpaired) electrons. The number of fused-ring (bicyclic) bond motifs is 4. The summed E-state index contributed by atoms with van der Waals surface area (Å²) in [5, 5.41) is 4.52. The Bertz CT molecular complexity index is 985. The number of halogens is 1. The topological polar surface area (TPSA) is 53.6 Å². The number of aryl methyl sites for hydroxylation is 1. The molecule has 2 bridgehead atoms. The number of hydrogen-bond donors (Lipinski definition) is 2. The molecule has 4 nitrogen and oxygen atoms in total. The third-order valence-corrected chi connectivity index (χ3v) is 6.69. The zero-order valence-corrected chi connectivity index (χ0v) is 15.8. The van der Waals surface area contributed by atoms with E-state index in [1.54, 1.807) is 0 Å². The van der Waals surface area contributed by atoms with Gasteiger partial charge < -0.3 is 10.3 Å². The first-order chi connectivity index (χ1) is 13.1. The fourth-order valence-corrected chi connectivity index (χ4v) is 5.24. The van der Waals surface area contributed by atoms with Crippen LogP contribution >= 0.6 is 0 Å². The maximum atomic E-state index is 13.7. The molecule has 5 heteroatoms. The van der Waals surface area contributed by atoms with Gasteiger partial charge in [0.15, 0.2) is 0 Å². The Morgan fingerprint density at radius 2 is 1.89 bits per heavy atom. The van der Waals surface area contributed by atoms with E-state index in [-0.39, 0.29) is 5.82 Å². The minimum Gasteiger partial charge on any atom is -0.367 e. The van der Waals surface area contributed by atoms with Crippen LogP contribution in [0.2, 0.25) is 0 Å². The quantitative estimate of drug-likeness (QED) is 0.662. The second-order valence-electron chi connectivity index (χ2n) is 8.37. The van der Waals surface area contributed by atoms with Crippen LogP contribution < -0.4 is 5.32 Å². The molecular formula is C22H25FN4. The lowest BCUT2D eigenvalue weighted by Gasteiger charge is -2.47. The predicted octanol–water partition coefficient (Wildman–Crippen LogP) is 5.31. The van der Waals surface area contributed by atoms with Gasteiger partial charge in [-0.05, 0) is 74.1 Å². The first-order valence-corrected chi connectivity index (χ1v) is 9.97. The lowest BCUT2D eigenvalue weighted by Crippen LogP contribution is -2.47. The highest BCUT2D eigenvalue weighted by molar-refractivity contribution is 5.92. The van der Waals surface area contributed by atoms with Crippen LogP contribution in [0.25, 0.3) is 22.3 Å². The molecule has 27 heavy (non-hydrogen) atoms. The highest BCUT2D eigenvalue weighted by Crippen LogP contribution is 2.46. The smallest absolute Gasteiger partial charge is 0.142 e. The van der Waals surface area contributed by atoms with Crippen molar-refractivity contribution < 1.29 is 4.39 Å². The number of aromatic nitrogens is 3. The normalized spacial score (nSPS) is 27.2. The van der Waals surface area contributed by atoms with Crippen molar-refractivity contribution in [3.63, 3.8) is 0 Å². The summed E-state index contributed by atoms with van der Waals surface area (Å²) < 4.78 is 13.7. The molecule has 6 rings (SSSR count). The number of aromatic amines is 1. The van der Waals surface area contributed by atoms with Crippen LogP contribution in [0.1, 0.15) is 38.2 Å². The number of nitrogens with one attached hydrogen (secondary N) is 2. The monoisotopic (exact) mass is 364 g/mol. The highest BCUT2D eigenvalue weighted by Gasteiger charge is 2.41. The lowest BCUT2D eigenvalue weighted by molar-refractivity contribution is 0.0928. The standard InChI is InChI=1S/C22H25FN4/c1-12-7-19(18-11-25-22-17(18)9-16(23)10-24-22)26-20(8-12)27-21-13(2)14-3-5-15(21)6-4-14/h7-11,13-15,21H,3-6H2,1-2H3,(H,24,25)(H,26,27)/t13-,14?,15?,21?/m1/s1. The summed E-state index contributed by atoms with van der Waals surface area (Å²) >= 11 is 0. The van der Waals surface area contributed by atoms with Crippen molar-refractivity contribution >= 4 is 16.9 Å². The molecule has 0 saturated heterocycles. The maximum absolute atomic E-state index is 13.7. The fraction of sp³-hybridized carbons (Fsp3) is 0.455. The fourth-order valence-electron chi connectivity index (χ4n) is 5.24. The van der Waals surface area contributed by atoms with Gasteiger partial charge in [-0.1, -0.05) is 6.92 Å². The van der Waals surface area contributed by atoms with Crippen molar-refractivity contribution in [2.45, 2.75) is 45.6 Å². The maximum Gasteiger partial charge on any atom is 0.142 e. The van der Waals surface area contributed by atoms with Gasteiger partial charge in [-0.25, -0.2) is 14.4 Å². The van der Waals surface area contributed by atoms with Gasteiger partial charge in [-0.2, -0.15) is 0 Å². The molecule has 3 saturated carbocycles. The summed E-state index contributed by atoms with van der Waals surface area (Å²) in [6.07, 6.45) is 8.53. The molecule has 140 valence electrons. The minimum atomic E-state index is -0.332. The highest BCUT2D eigenvalue weighted by atomic mass is 19.1. The molecule has 3 aromatic heterocycles. The Kier molecular flexibility index (Phi) is 3.92. The predicted molar refractivity (Wildman–Crippen MR) is 106 cm³/mol. The van der Waals surface area contributed by atoms with E-state index in [0.717, 1.165) is 39.9 Å². The molecule has 1 unspecified atom stereocenters. The van der Waals surface area contributed by atoms with Gasteiger partial charge in [0.1, 0.15) is 17.3 Å². The molecule has 0 aromatic carbocycles.